The van der Waals surface area contributed by atoms with Crippen LogP contribution in [0, 0.1) is 5.82 Å². The quantitative estimate of drug-likeness (QED) is 0.598. The average molecular weight is 287 g/mol. The molecule has 0 saturated heterocycles. The Morgan fingerprint density at radius 2 is 1.86 bits per heavy atom. The summed E-state index contributed by atoms with van der Waals surface area (Å²) in [7, 11) is 0. The van der Waals surface area contributed by atoms with E-state index in [0.29, 0.717) is 25.3 Å². The largest absolute Gasteiger partial charge is 0.493 e. The van der Waals surface area contributed by atoms with Crippen LogP contribution in [0.1, 0.15) is 17.5 Å². The lowest BCUT2D eigenvalue weighted by molar-refractivity contribution is -0.109. The number of benzene rings is 2. The molecule has 1 amide bonds. The van der Waals surface area contributed by atoms with Crippen molar-refractivity contribution >= 4 is 6.41 Å². The van der Waals surface area contributed by atoms with Gasteiger partial charge in [0.2, 0.25) is 6.41 Å². The monoisotopic (exact) mass is 287 g/mol. The highest BCUT2D eigenvalue weighted by Crippen LogP contribution is 2.13. The van der Waals surface area contributed by atoms with Gasteiger partial charge in [0.25, 0.3) is 0 Å². The van der Waals surface area contributed by atoms with Crippen LogP contribution in [-0.4, -0.2) is 13.0 Å². The van der Waals surface area contributed by atoms with Crippen LogP contribution in [0.25, 0.3) is 0 Å². The van der Waals surface area contributed by atoms with E-state index < -0.39 is 0 Å². The summed E-state index contributed by atoms with van der Waals surface area (Å²) < 4.78 is 18.5. The van der Waals surface area contributed by atoms with E-state index in [1.165, 1.54) is 17.7 Å². The molecule has 0 aliphatic heterocycles. The Labute approximate surface area is 123 Å². The zero-order valence-corrected chi connectivity index (χ0v) is 11.7. The van der Waals surface area contributed by atoms with Gasteiger partial charge in [-0.05, 0) is 36.1 Å². The van der Waals surface area contributed by atoms with Crippen LogP contribution >= 0.6 is 0 Å². The number of rotatable bonds is 8. The summed E-state index contributed by atoms with van der Waals surface area (Å²) in [6.45, 7) is 1.10. The van der Waals surface area contributed by atoms with Crippen LogP contribution in [0.15, 0.2) is 48.5 Å². The number of halogens is 1. The molecule has 3 nitrogen and oxygen atoms in total. The summed E-state index contributed by atoms with van der Waals surface area (Å²) in [6.07, 6.45) is 2.46. The zero-order chi connectivity index (χ0) is 14.9. The molecule has 21 heavy (non-hydrogen) atoms. The summed E-state index contributed by atoms with van der Waals surface area (Å²) in [6, 6.07) is 14.3. The molecule has 0 aliphatic rings. The highest BCUT2D eigenvalue weighted by Gasteiger charge is 1.98. The molecule has 0 unspecified atom stereocenters. The SMILES string of the molecule is O=CNCc1ccc(CCCOc2cccc(F)c2)cc1. The van der Waals surface area contributed by atoms with E-state index in [1.54, 1.807) is 12.1 Å². The summed E-state index contributed by atoms with van der Waals surface area (Å²) in [5.74, 6) is 0.275. The first kappa shape index (κ1) is 15.0. The molecular weight excluding hydrogens is 269 g/mol. The maximum atomic E-state index is 13.0. The van der Waals surface area contributed by atoms with Gasteiger partial charge in [-0.15, -0.1) is 0 Å². The fourth-order valence-corrected chi connectivity index (χ4v) is 2.01. The Balaban J connectivity index is 1.72. The van der Waals surface area contributed by atoms with E-state index in [4.69, 9.17) is 4.74 Å². The van der Waals surface area contributed by atoms with Gasteiger partial charge >= 0.3 is 0 Å². The van der Waals surface area contributed by atoms with Gasteiger partial charge in [-0.3, -0.25) is 4.79 Å². The van der Waals surface area contributed by atoms with Crippen LogP contribution in [0.5, 0.6) is 5.75 Å². The first-order chi connectivity index (χ1) is 10.3. The third-order valence-corrected chi connectivity index (χ3v) is 3.09. The summed E-state index contributed by atoms with van der Waals surface area (Å²) >= 11 is 0. The normalized spacial score (nSPS) is 10.1. The van der Waals surface area contributed by atoms with Crippen molar-refractivity contribution in [1.82, 2.24) is 5.32 Å². The second-order valence-electron chi connectivity index (χ2n) is 4.72. The fraction of sp³-hybridized carbons (Fsp3) is 0.235. The van der Waals surface area contributed by atoms with Crippen LogP contribution in [0.4, 0.5) is 4.39 Å². The lowest BCUT2D eigenvalue weighted by Gasteiger charge is -2.07. The van der Waals surface area contributed by atoms with E-state index in [-0.39, 0.29) is 5.82 Å². The molecule has 2 aromatic carbocycles. The molecule has 0 radical (unpaired) electrons. The van der Waals surface area contributed by atoms with Gasteiger partial charge in [0, 0.05) is 12.6 Å². The molecule has 1 N–H and O–H groups in total. The Morgan fingerprint density at radius 3 is 2.57 bits per heavy atom. The molecule has 110 valence electrons. The number of amides is 1. The van der Waals surface area contributed by atoms with Gasteiger partial charge in [0.05, 0.1) is 6.61 Å². The third kappa shape index (κ3) is 5.26. The van der Waals surface area contributed by atoms with Gasteiger partial charge in [-0.1, -0.05) is 30.3 Å². The summed E-state index contributed by atoms with van der Waals surface area (Å²) in [5, 5.41) is 2.63. The standard InChI is InChI=1S/C17H18FNO2/c18-16-4-1-5-17(11-16)21-10-2-3-14-6-8-15(9-7-14)12-19-13-20/h1,4-9,11,13H,2-3,10,12H2,(H,19,20). The number of carbonyl (C=O) groups excluding carboxylic acids is 1. The van der Waals surface area contributed by atoms with E-state index in [2.05, 4.69) is 5.32 Å². The molecule has 0 atom stereocenters. The molecule has 2 rings (SSSR count). The maximum Gasteiger partial charge on any atom is 0.207 e. The van der Waals surface area contributed by atoms with Crippen molar-refractivity contribution in [2.75, 3.05) is 6.61 Å². The molecule has 0 aromatic heterocycles. The first-order valence-corrected chi connectivity index (χ1v) is 6.91. The van der Waals surface area contributed by atoms with Crippen molar-refractivity contribution in [1.29, 1.82) is 0 Å². The van der Waals surface area contributed by atoms with Crippen LogP contribution in [0.3, 0.4) is 0 Å². The van der Waals surface area contributed by atoms with E-state index in [9.17, 15) is 9.18 Å². The van der Waals surface area contributed by atoms with E-state index in [0.717, 1.165) is 18.4 Å². The smallest absolute Gasteiger partial charge is 0.207 e. The number of hydrogen-bond donors (Lipinski definition) is 1. The second kappa shape index (κ2) is 8.04. The van der Waals surface area contributed by atoms with Crippen molar-refractivity contribution in [3.8, 4) is 5.75 Å². The van der Waals surface area contributed by atoms with Crippen molar-refractivity contribution in [2.45, 2.75) is 19.4 Å². The lowest BCUT2D eigenvalue weighted by atomic mass is 10.1. The topological polar surface area (TPSA) is 38.3 Å². The Kier molecular flexibility index (Phi) is 5.76. The van der Waals surface area contributed by atoms with Crippen molar-refractivity contribution in [3.05, 3.63) is 65.5 Å². The van der Waals surface area contributed by atoms with Crippen LogP contribution < -0.4 is 10.1 Å². The minimum Gasteiger partial charge on any atom is -0.493 e. The maximum absolute atomic E-state index is 13.0. The Bertz CT molecular complexity index is 569. The predicted octanol–water partition coefficient (Wildman–Crippen LogP) is 3.08. The predicted molar refractivity (Wildman–Crippen MR) is 79.6 cm³/mol. The molecule has 0 saturated carbocycles. The van der Waals surface area contributed by atoms with Crippen LogP contribution in [0.2, 0.25) is 0 Å². The number of aryl methyl sites for hydroxylation is 1. The molecule has 4 heteroatoms. The second-order valence-corrected chi connectivity index (χ2v) is 4.72. The molecule has 0 heterocycles. The minimum absolute atomic E-state index is 0.285. The molecule has 0 bridgehead atoms. The van der Waals surface area contributed by atoms with Crippen molar-refractivity contribution in [2.24, 2.45) is 0 Å². The Hall–Kier alpha value is -2.36. The summed E-state index contributed by atoms with van der Waals surface area (Å²) in [4.78, 5) is 10.2. The van der Waals surface area contributed by atoms with Crippen molar-refractivity contribution in [3.63, 3.8) is 0 Å². The fourth-order valence-electron chi connectivity index (χ4n) is 2.01. The van der Waals surface area contributed by atoms with Crippen LogP contribution in [-0.2, 0) is 17.8 Å². The first-order valence-electron chi connectivity index (χ1n) is 6.91. The van der Waals surface area contributed by atoms with Gasteiger partial charge in [0.15, 0.2) is 0 Å². The molecule has 2 aromatic rings. The van der Waals surface area contributed by atoms with Gasteiger partial charge in [0.1, 0.15) is 11.6 Å². The van der Waals surface area contributed by atoms with Crippen molar-refractivity contribution < 1.29 is 13.9 Å². The number of hydrogen-bond acceptors (Lipinski definition) is 2. The van der Waals surface area contributed by atoms with E-state index >= 15 is 0 Å². The number of carbonyl (C=O) groups is 1. The van der Waals surface area contributed by atoms with Gasteiger partial charge in [-0.2, -0.15) is 0 Å². The molecule has 0 aliphatic carbocycles. The molecule has 0 fully saturated rings. The van der Waals surface area contributed by atoms with E-state index in [1.807, 2.05) is 24.3 Å². The zero-order valence-electron chi connectivity index (χ0n) is 11.7. The minimum atomic E-state index is -0.285. The lowest BCUT2D eigenvalue weighted by Crippen LogP contribution is -2.09. The van der Waals surface area contributed by atoms with Gasteiger partial charge < -0.3 is 10.1 Å². The Morgan fingerprint density at radius 1 is 1.10 bits per heavy atom. The molecular formula is C17H18FNO2. The highest BCUT2D eigenvalue weighted by atomic mass is 19.1. The highest BCUT2D eigenvalue weighted by molar-refractivity contribution is 5.46. The number of ether oxygens (including phenoxy) is 1. The average Bonchev–Trinajstić information content (AvgIpc) is 2.51. The number of nitrogens with one attached hydrogen (secondary N) is 1. The third-order valence-electron chi connectivity index (χ3n) is 3.09. The summed E-state index contributed by atoms with van der Waals surface area (Å²) in [5.41, 5.74) is 2.29. The molecule has 0 spiro atoms. The van der Waals surface area contributed by atoms with Gasteiger partial charge in [-0.25, -0.2) is 4.39 Å².